The van der Waals surface area contributed by atoms with E-state index in [1.165, 1.54) is 9.80 Å². The zero-order valence-corrected chi connectivity index (χ0v) is 23.0. The second kappa shape index (κ2) is 13.2. The summed E-state index contributed by atoms with van der Waals surface area (Å²) in [4.78, 5) is 39.3. The number of amides is 1. The average molecular weight is 544 g/mol. The highest BCUT2D eigenvalue weighted by molar-refractivity contribution is 6.64. The van der Waals surface area contributed by atoms with Gasteiger partial charge in [0.05, 0.1) is 13.1 Å². The number of hydrogen-bond acceptors (Lipinski definition) is 8. The Morgan fingerprint density at radius 2 is 1.62 bits per heavy atom. The lowest BCUT2D eigenvalue weighted by atomic mass is 9.78. The van der Waals surface area contributed by atoms with Crippen molar-refractivity contribution in [2.75, 3.05) is 34.2 Å². The zero-order valence-electron chi connectivity index (χ0n) is 23.0. The highest BCUT2D eigenvalue weighted by Gasteiger charge is 2.33. The Balaban J connectivity index is 1.33. The van der Waals surface area contributed by atoms with Crippen LogP contribution in [-0.4, -0.2) is 75.1 Å². The van der Waals surface area contributed by atoms with Crippen LogP contribution in [0.25, 0.3) is 0 Å². The molecular formula is C30H33BN2O7. The van der Waals surface area contributed by atoms with E-state index in [1.54, 1.807) is 69.7 Å². The maximum absolute atomic E-state index is 12.1. The van der Waals surface area contributed by atoms with Gasteiger partial charge in [-0.05, 0) is 67.9 Å². The number of hydrogen-bond donors (Lipinski definition) is 0. The average Bonchev–Trinajstić information content (AvgIpc) is 2.99. The van der Waals surface area contributed by atoms with Gasteiger partial charge in [-0.1, -0.05) is 30.9 Å². The molecule has 9 nitrogen and oxygen atoms in total. The molecule has 0 aromatic heterocycles. The van der Waals surface area contributed by atoms with Crippen LogP contribution in [0.1, 0.15) is 29.6 Å². The lowest BCUT2D eigenvalue weighted by Crippen LogP contribution is -2.47. The molecule has 1 atom stereocenters. The summed E-state index contributed by atoms with van der Waals surface area (Å²) in [6, 6.07) is 14.0. The number of carbonyl (C=O) groups is 3. The van der Waals surface area contributed by atoms with Crippen molar-refractivity contribution in [3.8, 4) is 11.5 Å². The van der Waals surface area contributed by atoms with E-state index in [9.17, 15) is 14.4 Å². The van der Waals surface area contributed by atoms with Gasteiger partial charge in [0.1, 0.15) is 23.4 Å². The van der Waals surface area contributed by atoms with Crippen LogP contribution >= 0.6 is 0 Å². The number of likely N-dealkylation sites (N-methyl/N-ethyl adjacent to an activating group) is 1. The molecule has 2 aromatic carbocycles. The van der Waals surface area contributed by atoms with Gasteiger partial charge in [-0.3, -0.25) is 19.3 Å². The minimum absolute atomic E-state index is 0.0129. The van der Waals surface area contributed by atoms with Gasteiger partial charge in [0.15, 0.2) is 0 Å². The number of allylic oxidation sites excluding steroid dienone is 3. The summed E-state index contributed by atoms with van der Waals surface area (Å²) >= 11 is 0. The standard InChI is InChI=1S/C30H33BN2O7/c1-21-9-14-24(7-5-6-8-27(21)38-26-15-10-22(11-16-26)30(36)32(2)3)37-25-17-12-23(13-18-25)31-39-28(34)19-33(4)20-29(35)40-31/h5-6,8,10-13,15-18,24H,1,7,9,14,19-20H2,2-4H3/b6-5-,27-8+/t24-/m0/s1. The molecule has 2 aromatic rings. The Kier molecular flexibility index (Phi) is 9.45. The summed E-state index contributed by atoms with van der Waals surface area (Å²) in [7, 11) is 3.99. The van der Waals surface area contributed by atoms with Crippen molar-refractivity contribution >= 4 is 30.4 Å². The molecule has 1 saturated heterocycles. The Labute approximate surface area is 234 Å². The van der Waals surface area contributed by atoms with Gasteiger partial charge in [-0.25, -0.2) is 0 Å². The van der Waals surface area contributed by atoms with Crippen LogP contribution in [0.3, 0.4) is 0 Å². The summed E-state index contributed by atoms with van der Waals surface area (Å²) in [5, 5.41) is 0. The normalized spacial score (nSPS) is 20.8. The van der Waals surface area contributed by atoms with Crippen molar-refractivity contribution < 1.29 is 33.2 Å². The third-order valence-electron chi connectivity index (χ3n) is 6.36. The predicted molar refractivity (Wildman–Crippen MR) is 151 cm³/mol. The highest BCUT2D eigenvalue weighted by Crippen LogP contribution is 2.25. The summed E-state index contributed by atoms with van der Waals surface area (Å²) in [5.41, 5.74) is 1.97. The van der Waals surface area contributed by atoms with E-state index in [2.05, 4.69) is 6.58 Å². The molecule has 0 unspecified atom stereocenters. The second-order valence-electron chi connectivity index (χ2n) is 9.96. The fourth-order valence-corrected chi connectivity index (χ4v) is 4.21. The molecule has 1 amide bonds. The van der Waals surface area contributed by atoms with E-state index in [4.69, 9.17) is 18.8 Å². The second-order valence-corrected chi connectivity index (χ2v) is 9.96. The fraction of sp³-hybridized carbons (Fsp3) is 0.300. The molecule has 10 heteroatoms. The van der Waals surface area contributed by atoms with Crippen molar-refractivity contribution in [2.24, 2.45) is 0 Å². The van der Waals surface area contributed by atoms with E-state index in [-0.39, 0.29) is 25.1 Å². The molecule has 1 aliphatic carbocycles. The largest absolute Gasteiger partial charge is 0.636 e. The Morgan fingerprint density at radius 3 is 2.25 bits per heavy atom. The van der Waals surface area contributed by atoms with Crippen LogP contribution in [0.15, 0.2) is 84.7 Å². The highest BCUT2D eigenvalue weighted by atomic mass is 16.6. The lowest BCUT2D eigenvalue weighted by molar-refractivity contribution is -0.145. The fourth-order valence-electron chi connectivity index (χ4n) is 4.21. The van der Waals surface area contributed by atoms with Crippen LogP contribution in [0, 0.1) is 0 Å². The van der Waals surface area contributed by atoms with E-state index in [1.807, 2.05) is 18.2 Å². The molecule has 0 bridgehead atoms. The molecule has 0 radical (unpaired) electrons. The van der Waals surface area contributed by atoms with Gasteiger partial charge in [-0.15, -0.1) is 0 Å². The van der Waals surface area contributed by atoms with Crippen molar-refractivity contribution in [1.82, 2.24) is 9.80 Å². The molecular weight excluding hydrogens is 511 g/mol. The molecule has 0 spiro atoms. The summed E-state index contributed by atoms with van der Waals surface area (Å²) in [5.74, 6) is 0.920. The molecule has 2 aliphatic rings. The van der Waals surface area contributed by atoms with Gasteiger partial charge in [0.25, 0.3) is 5.91 Å². The van der Waals surface area contributed by atoms with Crippen molar-refractivity contribution in [3.05, 3.63) is 90.2 Å². The van der Waals surface area contributed by atoms with E-state index >= 15 is 0 Å². The van der Waals surface area contributed by atoms with Gasteiger partial charge in [-0.2, -0.15) is 0 Å². The topological polar surface area (TPSA) is 94.6 Å². The van der Waals surface area contributed by atoms with Crippen LogP contribution < -0.4 is 14.9 Å². The Hall–Kier alpha value is -4.31. The van der Waals surface area contributed by atoms with E-state index in [0.29, 0.717) is 47.5 Å². The van der Waals surface area contributed by atoms with E-state index < -0.39 is 19.1 Å². The number of rotatable bonds is 6. The van der Waals surface area contributed by atoms with Gasteiger partial charge >= 0.3 is 19.1 Å². The monoisotopic (exact) mass is 544 g/mol. The van der Waals surface area contributed by atoms with Gasteiger partial charge in [0.2, 0.25) is 0 Å². The third kappa shape index (κ3) is 7.86. The third-order valence-corrected chi connectivity index (χ3v) is 6.36. The lowest BCUT2D eigenvalue weighted by Gasteiger charge is -2.23. The molecule has 1 aliphatic heterocycles. The van der Waals surface area contributed by atoms with Crippen LogP contribution in [-0.2, 0) is 18.9 Å². The van der Waals surface area contributed by atoms with E-state index in [0.717, 1.165) is 5.57 Å². The predicted octanol–water partition coefficient (Wildman–Crippen LogP) is 3.12. The smallest absolute Gasteiger partial charge is 0.494 e. The molecule has 0 saturated carbocycles. The molecule has 1 heterocycles. The quantitative estimate of drug-likeness (QED) is 0.513. The van der Waals surface area contributed by atoms with Crippen LogP contribution in [0.5, 0.6) is 11.5 Å². The van der Waals surface area contributed by atoms with Gasteiger partial charge < -0.3 is 23.7 Å². The first-order chi connectivity index (χ1) is 19.2. The number of ether oxygens (including phenoxy) is 2. The Bertz CT molecular complexity index is 1280. The maximum atomic E-state index is 12.1. The number of benzene rings is 2. The van der Waals surface area contributed by atoms with Crippen molar-refractivity contribution in [1.29, 1.82) is 0 Å². The minimum atomic E-state index is -1.09. The number of nitrogens with zero attached hydrogens (tertiary/aromatic N) is 2. The van der Waals surface area contributed by atoms with Crippen LogP contribution in [0.4, 0.5) is 0 Å². The van der Waals surface area contributed by atoms with Crippen molar-refractivity contribution in [2.45, 2.75) is 25.4 Å². The molecule has 1 fully saturated rings. The maximum Gasteiger partial charge on any atom is 0.636 e. The first-order valence-electron chi connectivity index (χ1n) is 13.1. The summed E-state index contributed by atoms with van der Waals surface area (Å²) < 4.78 is 23.0. The van der Waals surface area contributed by atoms with Crippen molar-refractivity contribution in [3.63, 3.8) is 0 Å². The molecule has 208 valence electrons. The van der Waals surface area contributed by atoms with Gasteiger partial charge in [0, 0.05) is 31.5 Å². The minimum Gasteiger partial charge on any atom is -0.494 e. The molecule has 40 heavy (non-hydrogen) atoms. The summed E-state index contributed by atoms with van der Waals surface area (Å²) in [6.45, 7) is 4.24. The zero-order chi connectivity index (χ0) is 28.6. The summed E-state index contributed by atoms with van der Waals surface area (Å²) in [6.07, 6.45) is 7.78. The van der Waals surface area contributed by atoms with Crippen LogP contribution in [0.2, 0.25) is 0 Å². The Morgan fingerprint density at radius 1 is 1.00 bits per heavy atom. The number of carbonyl (C=O) groups excluding carboxylic acids is 3. The SMILES string of the molecule is C=C1CC[C@@H](Oc2ccc(B3OC(=O)CN(C)CC(=O)O3)cc2)C/C=C\C=C/1Oc1ccc(C(=O)N(C)C)cc1. The molecule has 4 rings (SSSR count). The molecule has 0 N–H and O–H groups in total. The first kappa shape index (κ1) is 28.7. The first-order valence-corrected chi connectivity index (χ1v) is 13.1.